The van der Waals surface area contributed by atoms with Gasteiger partial charge in [-0.25, -0.2) is 4.79 Å². The van der Waals surface area contributed by atoms with Crippen molar-refractivity contribution in [3.63, 3.8) is 0 Å². The maximum absolute atomic E-state index is 12.3. The number of carboxylic acid groups (broad SMARTS) is 1. The molecule has 1 N–H and O–H groups in total. The monoisotopic (exact) mass is 272 g/mol. The van der Waals surface area contributed by atoms with Crippen LogP contribution >= 0.6 is 0 Å². The highest BCUT2D eigenvalue weighted by Gasteiger charge is 2.29. The molecule has 20 heavy (non-hydrogen) atoms. The molecular formula is C14H12N2O4. The Labute approximate surface area is 114 Å². The number of hydrogen-bond acceptors (Lipinski definition) is 4. The Morgan fingerprint density at radius 1 is 1.25 bits per heavy atom. The van der Waals surface area contributed by atoms with Crippen molar-refractivity contribution in [3.05, 3.63) is 52.9 Å². The summed E-state index contributed by atoms with van der Waals surface area (Å²) in [5, 5.41) is 12.8. The van der Waals surface area contributed by atoms with Crippen molar-refractivity contribution in [2.75, 3.05) is 6.54 Å². The van der Waals surface area contributed by atoms with Gasteiger partial charge in [0.05, 0.1) is 12.2 Å². The van der Waals surface area contributed by atoms with E-state index in [1.807, 2.05) is 6.07 Å². The van der Waals surface area contributed by atoms with Crippen LogP contribution < -0.4 is 0 Å². The molecule has 0 aliphatic carbocycles. The van der Waals surface area contributed by atoms with Gasteiger partial charge >= 0.3 is 5.97 Å². The Bertz CT molecular complexity index is 663. The normalized spacial score (nSPS) is 13.9. The summed E-state index contributed by atoms with van der Waals surface area (Å²) in [4.78, 5) is 25.0. The third-order valence-corrected chi connectivity index (χ3v) is 3.34. The van der Waals surface area contributed by atoms with E-state index >= 15 is 0 Å². The molecule has 0 saturated carbocycles. The molecule has 6 heteroatoms. The third kappa shape index (κ3) is 2.05. The molecular weight excluding hydrogens is 260 g/mol. The van der Waals surface area contributed by atoms with E-state index in [0.717, 1.165) is 0 Å². The first-order chi connectivity index (χ1) is 9.66. The average Bonchev–Trinajstić information content (AvgIpc) is 2.90. The quantitative estimate of drug-likeness (QED) is 0.897. The molecule has 1 aromatic carbocycles. The Kier molecular flexibility index (Phi) is 2.98. The zero-order chi connectivity index (χ0) is 14.1. The third-order valence-electron chi connectivity index (χ3n) is 3.34. The summed E-state index contributed by atoms with van der Waals surface area (Å²) in [7, 11) is 0. The molecule has 0 saturated heterocycles. The number of benzene rings is 1. The van der Waals surface area contributed by atoms with Gasteiger partial charge in [-0.05, 0) is 12.1 Å². The first kappa shape index (κ1) is 12.4. The predicted molar refractivity (Wildman–Crippen MR) is 68.3 cm³/mol. The highest BCUT2D eigenvalue weighted by molar-refractivity contribution is 5.94. The lowest BCUT2D eigenvalue weighted by Gasteiger charge is -2.26. The first-order valence-electron chi connectivity index (χ1n) is 6.22. The molecule has 102 valence electrons. The number of hydrogen-bond donors (Lipinski definition) is 1. The number of carbonyl (C=O) groups excluding carboxylic acids is 1. The van der Waals surface area contributed by atoms with Gasteiger partial charge in [0.25, 0.3) is 5.91 Å². The number of carboxylic acids is 1. The molecule has 0 unspecified atom stereocenters. The summed E-state index contributed by atoms with van der Waals surface area (Å²) in [5.74, 6) is -1.45. The minimum absolute atomic E-state index is 0.117. The van der Waals surface area contributed by atoms with Crippen LogP contribution in [0.5, 0.6) is 0 Å². The SMILES string of the molecule is O=C(O)c1onc2c1CN(C(=O)c1ccccc1)CC2. The maximum atomic E-state index is 12.3. The van der Waals surface area contributed by atoms with E-state index in [2.05, 4.69) is 5.16 Å². The lowest BCUT2D eigenvalue weighted by atomic mass is 10.0. The van der Waals surface area contributed by atoms with E-state index in [-0.39, 0.29) is 18.2 Å². The van der Waals surface area contributed by atoms with Crippen LogP contribution in [-0.4, -0.2) is 33.6 Å². The van der Waals surface area contributed by atoms with Crippen molar-refractivity contribution < 1.29 is 19.2 Å². The van der Waals surface area contributed by atoms with Crippen molar-refractivity contribution in [2.24, 2.45) is 0 Å². The van der Waals surface area contributed by atoms with Gasteiger partial charge in [-0.3, -0.25) is 4.79 Å². The van der Waals surface area contributed by atoms with E-state index in [9.17, 15) is 9.59 Å². The highest BCUT2D eigenvalue weighted by Crippen LogP contribution is 2.23. The van der Waals surface area contributed by atoms with Gasteiger partial charge in [-0.2, -0.15) is 0 Å². The molecule has 0 spiro atoms. The van der Waals surface area contributed by atoms with Gasteiger partial charge in [0.2, 0.25) is 5.76 Å². The molecule has 0 atom stereocenters. The second-order valence-electron chi connectivity index (χ2n) is 4.58. The second kappa shape index (κ2) is 4.80. The number of amides is 1. The molecule has 0 radical (unpaired) electrons. The predicted octanol–water partition coefficient (Wildman–Crippen LogP) is 1.57. The highest BCUT2D eigenvalue weighted by atomic mass is 16.5. The summed E-state index contributed by atoms with van der Waals surface area (Å²) >= 11 is 0. The van der Waals surface area contributed by atoms with Crippen LogP contribution in [0, 0.1) is 0 Å². The van der Waals surface area contributed by atoms with Crippen molar-refractivity contribution in [1.29, 1.82) is 0 Å². The minimum Gasteiger partial charge on any atom is -0.475 e. The summed E-state index contributed by atoms with van der Waals surface area (Å²) in [6.45, 7) is 0.723. The summed E-state index contributed by atoms with van der Waals surface area (Å²) in [6.07, 6.45) is 0.505. The van der Waals surface area contributed by atoms with Crippen molar-refractivity contribution in [1.82, 2.24) is 10.1 Å². The standard InChI is InChI=1S/C14H12N2O4/c17-13(9-4-2-1-3-5-9)16-7-6-11-10(8-16)12(14(18)19)20-15-11/h1-5H,6-8H2,(H,18,19). The second-order valence-corrected chi connectivity index (χ2v) is 4.58. The fourth-order valence-electron chi connectivity index (χ4n) is 2.32. The molecule has 1 aliphatic heterocycles. The number of carbonyl (C=O) groups is 2. The molecule has 2 heterocycles. The average molecular weight is 272 g/mol. The minimum atomic E-state index is -1.16. The lowest BCUT2D eigenvalue weighted by molar-refractivity contribution is 0.0641. The van der Waals surface area contributed by atoms with Gasteiger partial charge in [0.15, 0.2) is 0 Å². The van der Waals surface area contributed by atoms with Crippen LogP contribution in [0.25, 0.3) is 0 Å². The lowest BCUT2D eigenvalue weighted by Crippen LogP contribution is -2.36. The number of aromatic carboxylic acids is 1. The molecule has 1 amide bonds. The molecule has 2 aromatic rings. The van der Waals surface area contributed by atoms with Crippen LogP contribution in [0.2, 0.25) is 0 Å². The molecule has 0 fully saturated rings. The van der Waals surface area contributed by atoms with E-state index < -0.39 is 5.97 Å². The maximum Gasteiger partial charge on any atom is 0.375 e. The summed E-state index contributed by atoms with van der Waals surface area (Å²) in [6, 6.07) is 8.91. The number of aromatic nitrogens is 1. The summed E-state index contributed by atoms with van der Waals surface area (Å²) in [5.41, 5.74) is 1.71. The van der Waals surface area contributed by atoms with E-state index in [4.69, 9.17) is 9.63 Å². The van der Waals surface area contributed by atoms with Gasteiger partial charge in [-0.15, -0.1) is 0 Å². The zero-order valence-electron chi connectivity index (χ0n) is 10.6. The van der Waals surface area contributed by atoms with E-state index in [0.29, 0.717) is 29.8 Å². The van der Waals surface area contributed by atoms with Gasteiger partial charge < -0.3 is 14.5 Å². The topological polar surface area (TPSA) is 83.6 Å². The fourth-order valence-corrected chi connectivity index (χ4v) is 2.32. The Balaban J connectivity index is 1.87. The Morgan fingerprint density at radius 2 is 2.00 bits per heavy atom. The largest absolute Gasteiger partial charge is 0.475 e. The number of nitrogens with zero attached hydrogens (tertiary/aromatic N) is 2. The van der Waals surface area contributed by atoms with Crippen molar-refractivity contribution >= 4 is 11.9 Å². The molecule has 0 bridgehead atoms. The van der Waals surface area contributed by atoms with Crippen LogP contribution in [0.4, 0.5) is 0 Å². The fraction of sp³-hybridized carbons (Fsp3) is 0.214. The molecule has 1 aromatic heterocycles. The first-order valence-corrected chi connectivity index (χ1v) is 6.22. The zero-order valence-corrected chi connectivity index (χ0v) is 10.6. The van der Waals surface area contributed by atoms with Crippen LogP contribution in [-0.2, 0) is 13.0 Å². The Morgan fingerprint density at radius 3 is 2.70 bits per heavy atom. The Hall–Kier alpha value is -2.63. The van der Waals surface area contributed by atoms with Crippen molar-refractivity contribution in [3.8, 4) is 0 Å². The van der Waals surface area contributed by atoms with Crippen LogP contribution in [0.1, 0.15) is 32.2 Å². The number of rotatable bonds is 2. The van der Waals surface area contributed by atoms with E-state index in [1.165, 1.54) is 0 Å². The molecule has 1 aliphatic rings. The van der Waals surface area contributed by atoms with Gasteiger partial charge in [-0.1, -0.05) is 23.4 Å². The van der Waals surface area contributed by atoms with Crippen molar-refractivity contribution in [2.45, 2.75) is 13.0 Å². The van der Waals surface area contributed by atoms with E-state index in [1.54, 1.807) is 29.2 Å². The molecule has 6 nitrogen and oxygen atoms in total. The van der Waals surface area contributed by atoms with Gasteiger partial charge in [0, 0.05) is 24.1 Å². The smallest absolute Gasteiger partial charge is 0.375 e. The van der Waals surface area contributed by atoms with Crippen LogP contribution in [0.15, 0.2) is 34.9 Å². The van der Waals surface area contributed by atoms with Gasteiger partial charge in [0.1, 0.15) is 0 Å². The molecule has 3 rings (SSSR count). The summed E-state index contributed by atoms with van der Waals surface area (Å²) < 4.78 is 4.83. The van der Waals surface area contributed by atoms with Crippen LogP contribution in [0.3, 0.4) is 0 Å². The number of fused-ring (bicyclic) bond motifs is 1.